The Bertz CT molecular complexity index is 1110. The minimum Gasteiger partial charge on any atom is -0.493 e. The van der Waals surface area contributed by atoms with Crippen molar-refractivity contribution in [3.8, 4) is 22.8 Å². The van der Waals surface area contributed by atoms with Gasteiger partial charge in [-0.05, 0) is 12.1 Å². The van der Waals surface area contributed by atoms with Crippen LogP contribution in [-0.4, -0.2) is 58.1 Å². The van der Waals surface area contributed by atoms with Crippen molar-refractivity contribution in [3.63, 3.8) is 0 Å². The average molecular weight is 446 g/mol. The first-order chi connectivity index (χ1) is 14.5. The second kappa shape index (κ2) is 8.63. The first-order valence-electron chi connectivity index (χ1n) is 9.51. The van der Waals surface area contributed by atoms with Crippen molar-refractivity contribution in [3.05, 3.63) is 53.9 Å². The maximum Gasteiger partial charge on any atom is 0.243 e. The molecule has 3 aromatic rings. The largest absolute Gasteiger partial charge is 0.493 e. The van der Waals surface area contributed by atoms with Crippen LogP contribution >= 0.6 is 11.3 Å². The van der Waals surface area contributed by atoms with E-state index in [-0.39, 0.29) is 4.90 Å². The molecule has 0 atom stereocenters. The molecule has 1 saturated heterocycles. The van der Waals surface area contributed by atoms with Crippen LogP contribution in [0.1, 0.15) is 0 Å². The number of anilines is 1. The van der Waals surface area contributed by atoms with Gasteiger partial charge in [0, 0.05) is 43.2 Å². The van der Waals surface area contributed by atoms with E-state index in [9.17, 15) is 8.42 Å². The second-order valence-electron chi connectivity index (χ2n) is 6.79. The molecule has 2 heterocycles. The molecule has 1 fully saturated rings. The molecule has 0 amide bonds. The summed E-state index contributed by atoms with van der Waals surface area (Å²) >= 11 is 1.58. The van der Waals surface area contributed by atoms with Crippen LogP contribution < -0.4 is 14.4 Å². The molecule has 9 heteroatoms. The normalized spacial score (nSPS) is 15.2. The number of sulfonamides is 1. The zero-order valence-electron chi connectivity index (χ0n) is 16.8. The molecule has 30 heavy (non-hydrogen) atoms. The van der Waals surface area contributed by atoms with Gasteiger partial charge >= 0.3 is 0 Å². The van der Waals surface area contributed by atoms with Crippen molar-refractivity contribution in [1.29, 1.82) is 0 Å². The number of ether oxygens (including phenoxy) is 2. The Morgan fingerprint density at radius 2 is 1.63 bits per heavy atom. The van der Waals surface area contributed by atoms with Gasteiger partial charge in [0.2, 0.25) is 10.0 Å². The summed E-state index contributed by atoms with van der Waals surface area (Å²) in [5.41, 5.74) is 2.02. The van der Waals surface area contributed by atoms with E-state index in [4.69, 9.17) is 14.5 Å². The van der Waals surface area contributed by atoms with E-state index in [1.165, 1.54) is 24.6 Å². The lowest BCUT2D eigenvalue weighted by molar-refractivity contribution is 0.353. The third-order valence-electron chi connectivity index (χ3n) is 5.06. The van der Waals surface area contributed by atoms with Crippen molar-refractivity contribution < 1.29 is 17.9 Å². The van der Waals surface area contributed by atoms with E-state index in [0.29, 0.717) is 37.7 Å². The Kier molecular flexibility index (Phi) is 5.94. The molecule has 0 aliphatic carbocycles. The number of thiazole rings is 1. The number of hydrogen-bond donors (Lipinski definition) is 0. The lowest BCUT2D eigenvalue weighted by atomic mass is 10.2. The van der Waals surface area contributed by atoms with Crippen LogP contribution in [0.25, 0.3) is 11.3 Å². The maximum absolute atomic E-state index is 13.1. The highest BCUT2D eigenvalue weighted by Gasteiger charge is 2.30. The molecule has 0 bridgehead atoms. The average Bonchev–Trinajstić information content (AvgIpc) is 3.29. The Morgan fingerprint density at radius 1 is 0.933 bits per heavy atom. The summed E-state index contributed by atoms with van der Waals surface area (Å²) in [5.74, 6) is 0.896. The van der Waals surface area contributed by atoms with Gasteiger partial charge in [0.1, 0.15) is 0 Å². The topological polar surface area (TPSA) is 72.0 Å². The molecule has 158 valence electrons. The van der Waals surface area contributed by atoms with Gasteiger partial charge in [0.25, 0.3) is 0 Å². The van der Waals surface area contributed by atoms with Crippen LogP contribution in [0, 0.1) is 0 Å². The van der Waals surface area contributed by atoms with Crippen LogP contribution in [0.3, 0.4) is 0 Å². The van der Waals surface area contributed by atoms with Gasteiger partial charge < -0.3 is 14.4 Å². The van der Waals surface area contributed by atoms with Gasteiger partial charge in [-0.15, -0.1) is 11.3 Å². The van der Waals surface area contributed by atoms with Gasteiger partial charge in [0.05, 0.1) is 24.8 Å². The van der Waals surface area contributed by atoms with Crippen molar-refractivity contribution in [2.75, 3.05) is 45.3 Å². The summed E-state index contributed by atoms with van der Waals surface area (Å²) in [6.45, 7) is 1.98. The summed E-state index contributed by atoms with van der Waals surface area (Å²) in [4.78, 5) is 7.08. The number of methoxy groups -OCH3 is 2. The molecule has 4 rings (SSSR count). The number of aromatic nitrogens is 1. The number of rotatable bonds is 6. The molecular formula is C21H23N3O4S2. The zero-order chi connectivity index (χ0) is 21.1. The molecule has 0 saturated carbocycles. The van der Waals surface area contributed by atoms with Gasteiger partial charge in [-0.25, -0.2) is 13.4 Å². The highest BCUT2D eigenvalue weighted by atomic mass is 32.2. The molecule has 1 aliphatic heterocycles. The molecule has 0 unspecified atom stereocenters. The van der Waals surface area contributed by atoms with Crippen LogP contribution in [0.5, 0.6) is 11.5 Å². The summed E-state index contributed by atoms with van der Waals surface area (Å²) in [6.07, 6.45) is 0. The quantitative estimate of drug-likeness (QED) is 0.580. The van der Waals surface area contributed by atoms with Crippen molar-refractivity contribution in [2.45, 2.75) is 4.90 Å². The Morgan fingerprint density at radius 3 is 2.30 bits per heavy atom. The van der Waals surface area contributed by atoms with Crippen molar-refractivity contribution >= 4 is 26.5 Å². The van der Waals surface area contributed by atoms with Crippen LogP contribution in [-0.2, 0) is 10.0 Å². The summed E-state index contributed by atoms with van der Waals surface area (Å²) in [7, 11) is -0.597. The number of hydrogen-bond acceptors (Lipinski definition) is 7. The number of nitrogens with zero attached hydrogens (tertiary/aromatic N) is 3. The monoisotopic (exact) mass is 445 g/mol. The summed E-state index contributed by atoms with van der Waals surface area (Å²) < 4.78 is 38.1. The van der Waals surface area contributed by atoms with Gasteiger partial charge in [-0.3, -0.25) is 0 Å². The van der Waals surface area contributed by atoms with Crippen LogP contribution in [0.4, 0.5) is 5.13 Å². The predicted molar refractivity (Wildman–Crippen MR) is 118 cm³/mol. The number of benzene rings is 2. The van der Waals surface area contributed by atoms with E-state index in [2.05, 4.69) is 4.90 Å². The predicted octanol–water partition coefficient (Wildman–Crippen LogP) is 3.34. The van der Waals surface area contributed by atoms with E-state index in [1.807, 2.05) is 35.7 Å². The summed E-state index contributed by atoms with van der Waals surface area (Å²) in [6, 6.07) is 14.7. The van der Waals surface area contributed by atoms with E-state index in [0.717, 1.165) is 16.4 Å². The molecule has 0 spiro atoms. The molecule has 7 nitrogen and oxygen atoms in total. The fourth-order valence-electron chi connectivity index (χ4n) is 3.40. The van der Waals surface area contributed by atoms with E-state index in [1.54, 1.807) is 23.5 Å². The lowest BCUT2D eigenvalue weighted by Crippen LogP contribution is -2.48. The zero-order valence-corrected chi connectivity index (χ0v) is 18.4. The molecular weight excluding hydrogens is 422 g/mol. The third kappa shape index (κ3) is 4.00. The Labute approximate surface area is 180 Å². The van der Waals surface area contributed by atoms with Crippen molar-refractivity contribution in [1.82, 2.24) is 9.29 Å². The Hall–Kier alpha value is -2.62. The molecule has 1 aliphatic rings. The minimum absolute atomic E-state index is 0.203. The second-order valence-corrected chi connectivity index (χ2v) is 9.56. The molecule has 0 N–H and O–H groups in total. The highest BCUT2D eigenvalue weighted by molar-refractivity contribution is 7.89. The van der Waals surface area contributed by atoms with Crippen molar-refractivity contribution in [2.24, 2.45) is 0 Å². The first kappa shape index (κ1) is 20.6. The number of piperazine rings is 1. The fraction of sp³-hybridized carbons (Fsp3) is 0.286. The van der Waals surface area contributed by atoms with E-state index >= 15 is 0 Å². The Balaban J connectivity index is 1.46. The fourth-order valence-corrected chi connectivity index (χ4v) is 5.72. The summed E-state index contributed by atoms with van der Waals surface area (Å²) in [5, 5.41) is 2.95. The third-order valence-corrected chi connectivity index (χ3v) is 7.86. The van der Waals surface area contributed by atoms with E-state index < -0.39 is 10.0 Å². The lowest BCUT2D eigenvalue weighted by Gasteiger charge is -2.33. The van der Waals surface area contributed by atoms with Crippen LogP contribution in [0.2, 0.25) is 0 Å². The first-order valence-corrected chi connectivity index (χ1v) is 11.8. The smallest absolute Gasteiger partial charge is 0.243 e. The minimum atomic E-state index is -3.61. The van der Waals surface area contributed by atoms with Crippen LogP contribution in [0.15, 0.2) is 58.8 Å². The molecule has 0 radical (unpaired) electrons. The standard InChI is InChI=1S/C21H23N3O4S2/c1-27-19-9-8-17(14-20(19)28-2)30(25,26)24-12-10-23(11-13-24)21-22-18(15-29-21)16-6-4-3-5-7-16/h3-9,14-15H,10-13H2,1-2H3. The van der Waals surface area contributed by atoms with Gasteiger partial charge in [0.15, 0.2) is 16.6 Å². The highest BCUT2D eigenvalue weighted by Crippen LogP contribution is 2.32. The molecule has 2 aromatic carbocycles. The SMILES string of the molecule is COc1ccc(S(=O)(=O)N2CCN(c3nc(-c4ccccc4)cs3)CC2)cc1OC. The molecule has 1 aromatic heterocycles. The van der Waals surface area contributed by atoms with Gasteiger partial charge in [-0.1, -0.05) is 30.3 Å². The van der Waals surface area contributed by atoms with Gasteiger partial charge in [-0.2, -0.15) is 4.31 Å². The maximum atomic E-state index is 13.1.